The Bertz CT molecular complexity index is 1400. The molecule has 3 aromatic carbocycles. The van der Waals surface area contributed by atoms with Crippen molar-refractivity contribution < 1.29 is 19.4 Å². The summed E-state index contributed by atoms with van der Waals surface area (Å²) >= 11 is 0. The third-order valence-electron chi connectivity index (χ3n) is 7.24. The van der Waals surface area contributed by atoms with Crippen LogP contribution in [0.3, 0.4) is 0 Å². The number of anilines is 3. The van der Waals surface area contributed by atoms with Gasteiger partial charge in [-0.05, 0) is 100 Å². The zero-order valence-corrected chi connectivity index (χ0v) is 24.4. The number of aliphatic hydroxyl groups excluding tert-OH is 1. The van der Waals surface area contributed by atoms with Gasteiger partial charge >= 0.3 is 0 Å². The van der Waals surface area contributed by atoms with E-state index in [1.807, 2.05) is 88.3 Å². The Morgan fingerprint density at radius 2 is 1.52 bits per heavy atom. The van der Waals surface area contributed by atoms with Gasteiger partial charge in [0.15, 0.2) is 0 Å². The monoisotopic (exact) mass is 541 g/mol. The van der Waals surface area contributed by atoms with Crippen LogP contribution >= 0.6 is 0 Å². The molecule has 1 unspecified atom stereocenters. The molecule has 1 heterocycles. The Balaban J connectivity index is 1.86. The van der Waals surface area contributed by atoms with E-state index in [4.69, 9.17) is 4.74 Å². The first-order valence-electron chi connectivity index (χ1n) is 13.8. The second-order valence-corrected chi connectivity index (χ2v) is 10.5. The Labute approximate surface area is 237 Å². The largest absolute Gasteiger partial charge is 0.507 e. The van der Waals surface area contributed by atoms with Crippen molar-refractivity contribution in [3.8, 4) is 5.75 Å². The molecule has 4 rings (SSSR count). The second-order valence-electron chi connectivity index (χ2n) is 10.5. The van der Waals surface area contributed by atoms with Crippen LogP contribution in [0, 0.1) is 6.92 Å². The molecule has 40 heavy (non-hydrogen) atoms. The highest BCUT2D eigenvalue weighted by atomic mass is 16.5. The molecule has 1 amide bonds. The van der Waals surface area contributed by atoms with Crippen LogP contribution in [0.25, 0.3) is 5.76 Å². The maximum Gasteiger partial charge on any atom is 0.300 e. The Morgan fingerprint density at radius 1 is 0.925 bits per heavy atom. The number of rotatable bonds is 9. The first-order chi connectivity index (χ1) is 19.1. The molecule has 0 bridgehead atoms. The molecule has 0 aromatic heterocycles. The lowest BCUT2D eigenvalue weighted by Gasteiger charge is -2.27. The lowest BCUT2D eigenvalue weighted by Crippen LogP contribution is -2.29. The van der Waals surface area contributed by atoms with Crippen molar-refractivity contribution in [1.82, 2.24) is 0 Å². The summed E-state index contributed by atoms with van der Waals surface area (Å²) in [4.78, 5) is 32.8. The summed E-state index contributed by atoms with van der Waals surface area (Å²) < 4.78 is 5.85. The molecular formula is C33H39N3O4. The predicted molar refractivity (Wildman–Crippen MR) is 162 cm³/mol. The summed E-state index contributed by atoms with van der Waals surface area (Å²) in [6.07, 6.45) is 0.00160. The van der Waals surface area contributed by atoms with Crippen LogP contribution in [0.2, 0.25) is 0 Å². The molecule has 1 atom stereocenters. The first kappa shape index (κ1) is 28.7. The van der Waals surface area contributed by atoms with E-state index >= 15 is 0 Å². The molecule has 1 saturated heterocycles. The van der Waals surface area contributed by atoms with Crippen molar-refractivity contribution >= 4 is 34.5 Å². The molecule has 210 valence electrons. The molecule has 1 N–H and O–H groups in total. The Morgan fingerprint density at radius 3 is 2.05 bits per heavy atom. The molecule has 1 fully saturated rings. The number of amides is 1. The maximum absolute atomic E-state index is 13.6. The normalized spacial score (nSPS) is 16.5. The zero-order chi connectivity index (χ0) is 29.1. The van der Waals surface area contributed by atoms with Gasteiger partial charge in [-0.3, -0.25) is 14.5 Å². The van der Waals surface area contributed by atoms with E-state index in [0.717, 1.165) is 35.6 Å². The van der Waals surface area contributed by atoms with Crippen molar-refractivity contribution in [3.05, 3.63) is 89.0 Å². The van der Waals surface area contributed by atoms with Crippen molar-refractivity contribution in [1.29, 1.82) is 0 Å². The summed E-state index contributed by atoms with van der Waals surface area (Å²) in [5, 5.41) is 11.5. The number of aliphatic hydroxyl groups is 1. The van der Waals surface area contributed by atoms with E-state index in [2.05, 4.69) is 18.7 Å². The lowest BCUT2D eigenvalue weighted by atomic mass is 9.94. The third-order valence-corrected chi connectivity index (χ3v) is 7.24. The fourth-order valence-corrected chi connectivity index (χ4v) is 5.12. The molecule has 0 spiro atoms. The fraction of sp³-hybridized carbons (Fsp3) is 0.333. The standard InChI is InChI=1S/C33H39N3O4/c1-8-35(9-2)26-15-17-27(18-16-26)36-30(23-10-13-25(14-11-23)34(6)7)29(32(38)33(36)39)31(37)24-12-19-28(22(5)20-24)40-21(3)4/h10-21,30,37H,8-9H2,1-7H3/b31-29-. The van der Waals surface area contributed by atoms with Gasteiger partial charge in [0.25, 0.3) is 11.7 Å². The number of carbonyl (C=O) groups is 2. The molecule has 0 saturated carbocycles. The topological polar surface area (TPSA) is 73.3 Å². The lowest BCUT2D eigenvalue weighted by molar-refractivity contribution is -0.132. The Hall–Kier alpha value is -4.26. The first-order valence-corrected chi connectivity index (χ1v) is 13.8. The molecule has 0 radical (unpaired) electrons. The SMILES string of the molecule is CCN(CC)c1ccc(N2C(=O)C(=O)/C(=C(\O)c3ccc(OC(C)C)c(C)c3)C2c2ccc(N(C)C)cc2)cc1. The van der Waals surface area contributed by atoms with Gasteiger partial charge in [-0.2, -0.15) is 0 Å². The van der Waals surface area contributed by atoms with E-state index in [9.17, 15) is 14.7 Å². The number of ether oxygens (including phenoxy) is 1. The van der Waals surface area contributed by atoms with Crippen LogP contribution in [-0.2, 0) is 9.59 Å². The van der Waals surface area contributed by atoms with Crippen LogP contribution in [0.15, 0.2) is 72.3 Å². The van der Waals surface area contributed by atoms with Gasteiger partial charge in [0.1, 0.15) is 11.5 Å². The van der Waals surface area contributed by atoms with Gasteiger partial charge < -0.3 is 19.6 Å². The number of aryl methyl sites for hydroxylation is 1. The number of carbonyl (C=O) groups excluding carboxylic acids is 2. The van der Waals surface area contributed by atoms with Crippen molar-refractivity contribution in [3.63, 3.8) is 0 Å². The van der Waals surface area contributed by atoms with Crippen LogP contribution in [0.5, 0.6) is 5.75 Å². The van der Waals surface area contributed by atoms with E-state index in [1.165, 1.54) is 4.90 Å². The van der Waals surface area contributed by atoms with Crippen molar-refractivity contribution in [2.24, 2.45) is 0 Å². The van der Waals surface area contributed by atoms with Gasteiger partial charge in [-0.25, -0.2) is 0 Å². The average molecular weight is 542 g/mol. The van der Waals surface area contributed by atoms with Crippen molar-refractivity contribution in [2.75, 3.05) is 41.9 Å². The predicted octanol–water partition coefficient (Wildman–Crippen LogP) is 6.32. The molecule has 1 aliphatic rings. The summed E-state index contributed by atoms with van der Waals surface area (Å²) in [5.41, 5.74) is 4.69. The van der Waals surface area contributed by atoms with Gasteiger partial charge in [0.05, 0.1) is 17.7 Å². The highest BCUT2D eigenvalue weighted by Gasteiger charge is 2.47. The van der Waals surface area contributed by atoms with Crippen LogP contribution in [-0.4, -0.2) is 50.1 Å². The zero-order valence-electron chi connectivity index (χ0n) is 24.4. The highest BCUT2D eigenvalue weighted by molar-refractivity contribution is 6.51. The number of Topliss-reactive ketones (excluding diaryl/α,β-unsaturated/α-hetero) is 1. The maximum atomic E-state index is 13.6. The quantitative estimate of drug-likeness (QED) is 0.194. The summed E-state index contributed by atoms with van der Waals surface area (Å²) in [6, 6.07) is 19.9. The van der Waals surface area contributed by atoms with Crippen LogP contribution in [0.4, 0.5) is 17.1 Å². The number of hydrogen-bond acceptors (Lipinski definition) is 6. The summed E-state index contributed by atoms with van der Waals surface area (Å²) in [5.74, 6) is -0.889. The molecular weight excluding hydrogens is 502 g/mol. The van der Waals surface area contributed by atoms with Gasteiger partial charge in [-0.15, -0.1) is 0 Å². The minimum atomic E-state index is -0.789. The minimum Gasteiger partial charge on any atom is -0.507 e. The summed E-state index contributed by atoms with van der Waals surface area (Å²) in [7, 11) is 3.90. The minimum absolute atomic E-state index is 0.00160. The Kier molecular flexibility index (Phi) is 8.52. The van der Waals surface area contributed by atoms with E-state index in [-0.39, 0.29) is 17.4 Å². The van der Waals surface area contributed by atoms with Gasteiger partial charge in [0.2, 0.25) is 0 Å². The van der Waals surface area contributed by atoms with Crippen LogP contribution in [0.1, 0.15) is 50.4 Å². The molecule has 7 nitrogen and oxygen atoms in total. The number of benzene rings is 3. The average Bonchev–Trinajstić information content (AvgIpc) is 3.20. The van der Waals surface area contributed by atoms with Gasteiger partial charge in [0, 0.05) is 49.8 Å². The molecule has 1 aliphatic heterocycles. The number of nitrogens with zero attached hydrogens (tertiary/aromatic N) is 3. The molecule has 0 aliphatic carbocycles. The number of hydrogen-bond donors (Lipinski definition) is 1. The van der Waals surface area contributed by atoms with Gasteiger partial charge in [-0.1, -0.05) is 12.1 Å². The van der Waals surface area contributed by atoms with E-state index in [1.54, 1.807) is 18.2 Å². The van der Waals surface area contributed by atoms with E-state index < -0.39 is 17.7 Å². The highest BCUT2D eigenvalue weighted by Crippen LogP contribution is 2.43. The molecule has 3 aromatic rings. The van der Waals surface area contributed by atoms with E-state index in [0.29, 0.717) is 17.0 Å². The third kappa shape index (κ3) is 5.55. The van der Waals surface area contributed by atoms with Crippen molar-refractivity contribution in [2.45, 2.75) is 46.8 Å². The van der Waals surface area contributed by atoms with Crippen LogP contribution < -0.4 is 19.4 Å². The fourth-order valence-electron chi connectivity index (χ4n) is 5.12. The molecule has 7 heteroatoms. The smallest absolute Gasteiger partial charge is 0.300 e. The number of ketones is 1. The second kappa shape index (κ2) is 11.9. The summed E-state index contributed by atoms with van der Waals surface area (Å²) in [6.45, 7) is 11.7.